The van der Waals surface area contributed by atoms with E-state index in [9.17, 15) is 8.42 Å². The van der Waals surface area contributed by atoms with Crippen molar-refractivity contribution < 1.29 is 8.42 Å². The van der Waals surface area contributed by atoms with Crippen LogP contribution in [-0.2, 0) is 15.6 Å². The molecular formula is C14H25N3O2S. The first-order valence-electron chi connectivity index (χ1n) is 7.28. The van der Waals surface area contributed by atoms with Gasteiger partial charge in [-0.05, 0) is 32.8 Å². The Morgan fingerprint density at radius 1 is 1.35 bits per heavy atom. The molecule has 0 bridgehead atoms. The number of rotatable bonds is 5. The van der Waals surface area contributed by atoms with Crippen molar-refractivity contribution in [3.63, 3.8) is 0 Å². The Morgan fingerprint density at radius 2 is 2.00 bits per heavy atom. The maximum absolute atomic E-state index is 12.1. The number of nitrogens with two attached hydrogens (primary N) is 1. The number of nitrogens with zero attached hydrogens (tertiary/aromatic N) is 2. The van der Waals surface area contributed by atoms with Crippen molar-refractivity contribution in [3.05, 3.63) is 18.0 Å². The molecule has 6 heteroatoms. The zero-order valence-corrected chi connectivity index (χ0v) is 13.2. The standard InChI is InChI=1S/C14H25N3O2S/c1-14(2,15)11-20(18,19)10-12-8-9-17(16-12)13-6-4-3-5-7-13/h8-9,13H,3-7,10-11,15H2,1-2H3. The Labute approximate surface area is 121 Å². The average Bonchev–Trinajstić information content (AvgIpc) is 2.74. The van der Waals surface area contributed by atoms with Gasteiger partial charge in [0.05, 0.1) is 23.2 Å². The molecule has 0 spiro atoms. The van der Waals surface area contributed by atoms with Crippen molar-refractivity contribution in [1.29, 1.82) is 0 Å². The lowest BCUT2D eigenvalue weighted by Crippen LogP contribution is -2.40. The van der Waals surface area contributed by atoms with Gasteiger partial charge < -0.3 is 5.73 Å². The first-order valence-corrected chi connectivity index (χ1v) is 9.11. The Hall–Kier alpha value is -0.880. The smallest absolute Gasteiger partial charge is 0.157 e. The zero-order chi connectivity index (χ0) is 14.8. The minimum Gasteiger partial charge on any atom is -0.325 e. The summed E-state index contributed by atoms with van der Waals surface area (Å²) in [5.74, 6) is -0.0381. The van der Waals surface area contributed by atoms with Gasteiger partial charge in [0.15, 0.2) is 9.84 Å². The van der Waals surface area contributed by atoms with Gasteiger partial charge in [0.25, 0.3) is 0 Å². The van der Waals surface area contributed by atoms with Crippen molar-refractivity contribution in [3.8, 4) is 0 Å². The van der Waals surface area contributed by atoms with Crippen molar-refractivity contribution in [1.82, 2.24) is 9.78 Å². The van der Waals surface area contributed by atoms with Crippen LogP contribution in [0.4, 0.5) is 0 Å². The van der Waals surface area contributed by atoms with Gasteiger partial charge in [0.1, 0.15) is 0 Å². The quantitative estimate of drug-likeness (QED) is 0.902. The minimum absolute atomic E-state index is 0.0176. The predicted octanol–water partition coefficient (Wildman–Crippen LogP) is 2.04. The molecule has 1 aliphatic rings. The van der Waals surface area contributed by atoms with Crippen LogP contribution < -0.4 is 5.73 Å². The maximum Gasteiger partial charge on any atom is 0.157 e. The summed E-state index contributed by atoms with van der Waals surface area (Å²) in [6.45, 7) is 3.45. The minimum atomic E-state index is -3.21. The first kappa shape index (κ1) is 15.5. The molecule has 1 aromatic rings. The summed E-state index contributed by atoms with van der Waals surface area (Å²) >= 11 is 0. The van der Waals surface area contributed by atoms with Crippen LogP contribution in [0.5, 0.6) is 0 Å². The summed E-state index contributed by atoms with van der Waals surface area (Å²) in [5.41, 5.74) is 5.71. The fourth-order valence-electron chi connectivity index (χ4n) is 2.85. The molecule has 2 N–H and O–H groups in total. The summed E-state index contributed by atoms with van der Waals surface area (Å²) in [7, 11) is -3.21. The van der Waals surface area contributed by atoms with E-state index in [-0.39, 0.29) is 11.5 Å². The molecule has 1 heterocycles. The van der Waals surface area contributed by atoms with E-state index in [1.807, 2.05) is 16.9 Å². The van der Waals surface area contributed by atoms with Gasteiger partial charge in [-0.3, -0.25) is 4.68 Å². The summed E-state index contributed by atoms with van der Waals surface area (Å²) < 4.78 is 26.1. The highest BCUT2D eigenvalue weighted by atomic mass is 32.2. The monoisotopic (exact) mass is 299 g/mol. The van der Waals surface area contributed by atoms with E-state index in [1.165, 1.54) is 19.3 Å². The largest absolute Gasteiger partial charge is 0.325 e. The molecule has 1 aromatic heterocycles. The predicted molar refractivity (Wildman–Crippen MR) is 80.1 cm³/mol. The third-order valence-electron chi connectivity index (χ3n) is 3.57. The van der Waals surface area contributed by atoms with Crippen molar-refractivity contribution in [2.75, 3.05) is 5.75 Å². The molecule has 0 aromatic carbocycles. The summed E-state index contributed by atoms with van der Waals surface area (Å²) in [6, 6.07) is 2.25. The van der Waals surface area contributed by atoms with Crippen LogP contribution in [0.15, 0.2) is 12.3 Å². The Morgan fingerprint density at radius 3 is 2.60 bits per heavy atom. The molecule has 0 amide bonds. The van der Waals surface area contributed by atoms with Crippen LogP contribution in [0.3, 0.4) is 0 Å². The zero-order valence-electron chi connectivity index (χ0n) is 12.4. The molecule has 2 rings (SSSR count). The van der Waals surface area contributed by atoms with Crippen LogP contribution >= 0.6 is 0 Å². The molecule has 1 saturated carbocycles. The third kappa shape index (κ3) is 4.59. The van der Waals surface area contributed by atoms with E-state index in [2.05, 4.69) is 5.10 Å². The van der Waals surface area contributed by atoms with Gasteiger partial charge in [0.2, 0.25) is 0 Å². The Bertz CT molecular complexity index is 537. The van der Waals surface area contributed by atoms with E-state index in [0.717, 1.165) is 12.8 Å². The Kier molecular flexibility index (Phi) is 4.54. The van der Waals surface area contributed by atoms with E-state index in [4.69, 9.17) is 5.73 Å². The van der Waals surface area contributed by atoms with E-state index >= 15 is 0 Å². The maximum atomic E-state index is 12.1. The van der Waals surface area contributed by atoms with Crippen LogP contribution in [0.2, 0.25) is 0 Å². The molecule has 1 fully saturated rings. The summed E-state index contributed by atoms with van der Waals surface area (Å²) in [5, 5.41) is 4.45. The number of hydrogen-bond acceptors (Lipinski definition) is 4. The topological polar surface area (TPSA) is 78.0 Å². The second-order valence-corrected chi connectivity index (χ2v) is 8.66. The van der Waals surface area contributed by atoms with E-state index in [0.29, 0.717) is 11.7 Å². The second-order valence-electron chi connectivity index (χ2n) is 6.60. The van der Waals surface area contributed by atoms with Crippen molar-refractivity contribution >= 4 is 9.84 Å². The molecule has 1 aliphatic carbocycles. The van der Waals surface area contributed by atoms with Crippen molar-refractivity contribution in [2.24, 2.45) is 5.73 Å². The third-order valence-corrected chi connectivity index (χ3v) is 5.49. The number of sulfone groups is 1. The van der Waals surface area contributed by atoms with Gasteiger partial charge in [-0.25, -0.2) is 8.42 Å². The highest BCUT2D eigenvalue weighted by Gasteiger charge is 2.24. The summed E-state index contributed by atoms with van der Waals surface area (Å²) in [6.07, 6.45) is 7.96. The molecule has 20 heavy (non-hydrogen) atoms. The fraction of sp³-hybridized carbons (Fsp3) is 0.786. The molecule has 0 atom stereocenters. The number of hydrogen-bond donors (Lipinski definition) is 1. The molecule has 0 aliphatic heterocycles. The van der Waals surface area contributed by atoms with Gasteiger partial charge in [-0.2, -0.15) is 5.10 Å². The highest BCUT2D eigenvalue weighted by Crippen LogP contribution is 2.27. The molecule has 114 valence electrons. The average molecular weight is 299 g/mol. The lowest BCUT2D eigenvalue weighted by molar-refractivity contribution is 0.328. The van der Waals surface area contributed by atoms with Crippen LogP contribution in [0, 0.1) is 0 Å². The van der Waals surface area contributed by atoms with E-state index in [1.54, 1.807) is 13.8 Å². The van der Waals surface area contributed by atoms with Crippen LogP contribution in [0.25, 0.3) is 0 Å². The van der Waals surface area contributed by atoms with Crippen LogP contribution in [0.1, 0.15) is 57.7 Å². The lowest BCUT2D eigenvalue weighted by Gasteiger charge is -2.21. The lowest BCUT2D eigenvalue weighted by atomic mass is 9.96. The molecule has 0 unspecified atom stereocenters. The highest BCUT2D eigenvalue weighted by molar-refractivity contribution is 7.90. The van der Waals surface area contributed by atoms with Gasteiger partial charge >= 0.3 is 0 Å². The van der Waals surface area contributed by atoms with Gasteiger partial charge in [-0.15, -0.1) is 0 Å². The summed E-state index contributed by atoms with van der Waals surface area (Å²) in [4.78, 5) is 0. The molecule has 0 radical (unpaired) electrons. The molecule has 0 saturated heterocycles. The first-order chi connectivity index (χ1) is 9.25. The fourth-order valence-corrected chi connectivity index (χ4v) is 4.69. The normalized spacial score (nSPS) is 18.4. The molecular weight excluding hydrogens is 274 g/mol. The number of aromatic nitrogens is 2. The molecule has 5 nitrogen and oxygen atoms in total. The SMILES string of the molecule is CC(C)(N)CS(=O)(=O)Cc1ccn(C2CCCCC2)n1. The van der Waals surface area contributed by atoms with Crippen molar-refractivity contribution in [2.45, 2.75) is 63.3 Å². The van der Waals surface area contributed by atoms with Gasteiger partial charge in [-0.1, -0.05) is 19.3 Å². The second kappa shape index (κ2) is 5.85. The van der Waals surface area contributed by atoms with Gasteiger partial charge in [0, 0.05) is 11.7 Å². The Balaban J connectivity index is 2.02. The van der Waals surface area contributed by atoms with E-state index < -0.39 is 15.4 Å². The van der Waals surface area contributed by atoms with Crippen LogP contribution in [-0.4, -0.2) is 29.5 Å².